The van der Waals surface area contributed by atoms with Gasteiger partial charge in [0.1, 0.15) is 6.54 Å². The summed E-state index contributed by atoms with van der Waals surface area (Å²) in [4.78, 5) is 26.3. The van der Waals surface area contributed by atoms with E-state index in [-0.39, 0.29) is 17.3 Å². The Hall–Kier alpha value is -2.45. The minimum absolute atomic E-state index is 0.00477. The number of aromatic nitrogens is 1. The molecule has 152 valence electrons. The summed E-state index contributed by atoms with van der Waals surface area (Å²) in [7, 11) is -2.04. The first-order chi connectivity index (χ1) is 13.2. The molecule has 1 heterocycles. The first kappa shape index (κ1) is 21.8. The second-order valence-electron chi connectivity index (χ2n) is 6.60. The zero-order chi connectivity index (χ0) is 20.9. The fraction of sp³-hybridized carbons (Fsp3) is 0.400. The molecule has 0 aliphatic heterocycles. The number of benzene rings is 1. The van der Waals surface area contributed by atoms with Crippen LogP contribution in [0.3, 0.4) is 0 Å². The molecule has 2 rings (SSSR count). The molecule has 1 aromatic heterocycles. The maximum Gasteiger partial charge on any atom is 0.251 e. The largest absolute Gasteiger partial charge is 0.340 e. The lowest BCUT2D eigenvalue weighted by molar-refractivity contribution is -0.131. The number of aryl methyl sites for hydroxylation is 1. The van der Waals surface area contributed by atoms with Crippen molar-refractivity contribution < 1.29 is 13.2 Å². The van der Waals surface area contributed by atoms with Crippen molar-refractivity contribution in [3.05, 3.63) is 64.1 Å². The Bertz CT molecular complexity index is 995. The van der Waals surface area contributed by atoms with Crippen LogP contribution in [0.25, 0.3) is 0 Å². The van der Waals surface area contributed by atoms with Crippen LogP contribution in [0.1, 0.15) is 25.0 Å². The molecule has 0 unspecified atom stereocenters. The van der Waals surface area contributed by atoms with Gasteiger partial charge in [-0.15, -0.1) is 0 Å². The average molecular weight is 406 g/mol. The number of pyridine rings is 1. The zero-order valence-electron chi connectivity index (χ0n) is 16.8. The second kappa shape index (κ2) is 9.16. The van der Waals surface area contributed by atoms with Crippen LogP contribution in [-0.4, -0.2) is 48.2 Å². The molecular formula is C20H27N3O4S. The molecule has 1 aromatic carbocycles. The molecule has 0 saturated heterocycles. The van der Waals surface area contributed by atoms with Gasteiger partial charge in [0.2, 0.25) is 15.9 Å². The summed E-state index contributed by atoms with van der Waals surface area (Å²) in [5.41, 5.74) is 1.67. The topological polar surface area (TPSA) is 79.7 Å². The lowest BCUT2D eigenvalue weighted by Crippen LogP contribution is -2.35. The molecule has 0 aliphatic carbocycles. The monoisotopic (exact) mass is 405 g/mol. The van der Waals surface area contributed by atoms with Crippen molar-refractivity contribution in [2.45, 2.75) is 38.8 Å². The standard InChI is InChI=1S/C20H27N3O4S/c1-5-23(6-2)28(26,27)18-11-12-19(24)22(14-18)15-20(25)21(4)13-17-10-8-7-9-16(17)3/h7-12,14H,5-6,13,15H2,1-4H3. The van der Waals surface area contributed by atoms with Gasteiger partial charge in [-0.05, 0) is 24.1 Å². The van der Waals surface area contributed by atoms with E-state index in [4.69, 9.17) is 0 Å². The van der Waals surface area contributed by atoms with Crippen LogP contribution in [0.4, 0.5) is 0 Å². The predicted molar refractivity (Wildman–Crippen MR) is 108 cm³/mol. The van der Waals surface area contributed by atoms with E-state index >= 15 is 0 Å². The van der Waals surface area contributed by atoms with Crippen molar-refractivity contribution in [1.82, 2.24) is 13.8 Å². The number of sulfonamides is 1. The van der Waals surface area contributed by atoms with Crippen molar-refractivity contribution in [1.29, 1.82) is 0 Å². The van der Waals surface area contributed by atoms with Crippen LogP contribution in [-0.2, 0) is 27.9 Å². The third-order valence-electron chi connectivity index (χ3n) is 4.70. The summed E-state index contributed by atoms with van der Waals surface area (Å²) in [5, 5.41) is 0. The Kier molecular flexibility index (Phi) is 7.15. The fourth-order valence-corrected chi connectivity index (χ4v) is 4.37. The van der Waals surface area contributed by atoms with Crippen LogP contribution < -0.4 is 5.56 Å². The summed E-state index contributed by atoms with van der Waals surface area (Å²) >= 11 is 0. The minimum Gasteiger partial charge on any atom is -0.340 e. The summed E-state index contributed by atoms with van der Waals surface area (Å²) in [6, 6.07) is 10.2. The molecule has 1 amide bonds. The molecule has 0 N–H and O–H groups in total. The highest BCUT2D eigenvalue weighted by Crippen LogP contribution is 2.14. The van der Waals surface area contributed by atoms with Gasteiger partial charge in [-0.2, -0.15) is 4.31 Å². The maximum absolute atomic E-state index is 12.7. The smallest absolute Gasteiger partial charge is 0.251 e. The molecule has 0 atom stereocenters. The van der Waals surface area contributed by atoms with Crippen LogP contribution in [0.15, 0.2) is 52.3 Å². The zero-order valence-corrected chi connectivity index (χ0v) is 17.6. The van der Waals surface area contributed by atoms with Crippen molar-refractivity contribution >= 4 is 15.9 Å². The van der Waals surface area contributed by atoms with Gasteiger partial charge in [-0.25, -0.2) is 8.42 Å². The Labute approximate surface area is 166 Å². The average Bonchev–Trinajstić information content (AvgIpc) is 2.65. The highest BCUT2D eigenvalue weighted by Gasteiger charge is 2.23. The number of likely N-dealkylation sites (N-methyl/N-ethyl adjacent to an activating group) is 1. The first-order valence-electron chi connectivity index (χ1n) is 9.19. The van der Waals surface area contributed by atoms with Gasteiger partial charge < -0.3 is 9.47 Å². The summed E-state index contributed by atoms with van der Waals surface area (Å²) < 4.78 is 27.8. The minimum atomic E-state index is -3.70. The van der Waals surface area contributed by atoms with E-state index in [1.165, 1.54) is 27.5 Å². The van der Waals surface area contributed by atoms with Crippen molar-refractivity contribution in [3.63, 3.8) is 0 Å². The Morgan fingerprint density at radius 3 is 2.32 bits per heavy atom. The van der Waals surface area contributed by atoms with Crippen LogP contribution in [0, 0.1) is 6.92 Å². The normalized spacial score (nSPS) is 11.6. The van der Waals surface area contributed by atoms with Gasteiger partial charge in [0.05, 0.1) is 4.90 Å². The Morgan fingerprint density at radius 1 is 1.07 bits per heavy atom. The number of amides is 1. The number of hydrogen-bond acceptors (Lipinski definition) is 4. The summed E-state index contributed by atoms with van der Waals surface area (Å²) in [6.45, 7) is 6.33. The van der Waals surface area contributed by atoms with Gasteiger partial charge in [-0.1, -0.05) is 38.1 Å². The van der Waals surface area contributed by atoms with Crippen molar-refractivity contribution in [2.75, 3.05) is 20.1 Å². The molecular weight excluding hydrogens is 378 g/mol. The van der Waals surface area contributed by atoms with Gasteiger partial charge in [0.25, 0.3) is 5.56 Å². The van der Waals surface area contributed by atoms with E-state index in [0.717, 1.165) is 15.7 Å². The van der Waals surface area contributed by atoms with Gasteiger partial charge in [0.15, 0.2) is 0 Å². The predicted octanol–water partition coefficient (Wildman–Crippen LogP) is 1.85. The number of hydrogen-bond donors (Lipinski definition) is 0. The first-order valence-corrected chi connectivity index (χ1v) is 10.6. The van der Waals surface area contributed by atoms with E-state index in [9.17, 15) is 18.0 Å². The van der Waals surface area contributed by atoms with Crippen LogP contribution in [0.5, 0.6) is 0 Å². The Balaban J connectivity index is 2.23. The van der Waals surface area contributed by atoms with E-state index in [0.29, 0.717) is 19.6 Å². The third-order valence-corrected chi connectivity index (χ3v) is 6.73. The van der Waals surface area contributed by atoms with E-state index < -0.39 is 15.6 Å². The molecule has 0 spiro atoms. The third kappa shape index (κ3) is 4.88. The second-order valence-corrected chi connectivity index (χ2v) is 8.53. The quantitative estimate of drug-likeness (QED) is 0.671. The van der Waals surface area contributed by atoms with Crippen LogP contribution >= 0.6 is 0 Å². The number of nitrogens with zero attached hydrogens (tertiary/aromatic N) is 3. The highest BCUT2D eigenvalue weighted by atomic mass is 32.2. The lowest BCUT2D eigenvalue weighted by atomic mass is 10.1. The summed E-state index contributed by atoms with van der Waals surface area (Å²) in [5.74, 6) is -0.275. The van der Waals surface area contributed by atoms with E-state index in [1.807, 2.05) is 31.2 Å². The molecule has 2 aromatic rings. The molecule has 0 saturated carbocycles. The van der Waals surface area contributed by atoms with E-state index in [2.05, 4.69) is 0 Å². The van der Waals surface area contributed by atoms with Crippen molar-refractivity contribution in [3.8, 4) is 0 Å². The van der Waals surface area contributed by atoms with Crippen molar-refractivity contribution in [2.24, 2.45) is 0 Å². The lowest BCUT2D eigenvalue weighted by Gasteiger charge is -2.21. The molecule has 0 bridgehead atoms. The molecule has 28 heavy (non-hydrogen) atoms. The molecule has 0 fully saturated rings. The van der Waals surface area contributed by atoms with Crippen LogP contribution in [0.2, 0.25) is 0 Å². The number of carbonyl (C=O) groups is 1. The van der Waals surface area contributed by atoms with Gasteiger partial charge in [-0.3, -0.25) is 9.59 Å². The molecule has 7 nitrogen and oxygen atoms in total. The maximum atomic E-state index is 12.7. The van der Waals surface area contributed by atoms with Gasteiger partial charge >= 0.3 is 0 Å². The molecule has 0 radical (unpaired) electrons. The summed E-state index contributed by atoms with van der Waals surface area (Å²) in [6.07, 6.45) is 1.25. The van der Waals surface area contributed by atoms with Gasteiger partial charge in [0, 0.05) is 38.9 Å². The van der Waals surface area contributed by atoms with E-state index in [1.54, 1.807) is 20.9 Å². The fourth-order valence-electron chi connectivity index (χ4n) is 2.90. The molecule has 8 heteroatoms. The molecule has 0 aliphatic rings. The Morgan fingerprint density at radius 2 is 1.71 bits per heavy atom. The number of rotatable bonds is 8. The highest BCUT2D eigenvalue weighted by molar-refractivity contribution is 7.89. The number of carbonyl (C=O) groups excluding carboxylic acids is 1. The SMILES string of the molecule is CCN(CC)S(=O)(=O)c1ccc(=O)n(CC(=O)N(C)Cc2ccccc2C)c1.